The van der Waals surface area contributed by atoms with E-state index in [4.69, 9.17) is 4.74 Å². The van der Waals surface area contributed by atoms with Crippen LogP contribution in [0, 0.1) is 11.8 Å². The number of hydrogen-bond donors (Lipinski definition) is 1. The normalized spacial score (nSPS) is 28.1. The van der Waals surface area contributed by atoms with Gasteiger partial charge in [-0.05, 0) is 62.3 Å². The predicted molar refractivity (Wildman–Crippen MR) is 85.1 cm³/mol. The topological polar surface area (TPSA) is 21.3 Å². The first-order valence-corrected chi connectivity index (χ1v) is 8.10. The van der Waals surface area contributed by atoms with Gasteiger partial charge in [-0.25, -0.2) is 0 Å². The fraction of sp³-hybridized carbons (Fsp3) is 0.667. The molecule has 1 fully saturated rings. The highest BCUT2D eigenvalue weighted by Crippen LogP contribution is 2.32. The van der Waals surface area contributed by atoms with Gasteiger partial charge in [0.25, 0.3) is 0 Å². The van der Waals surface area contributed by atoms with Crippen molar-refractivity contribution in [3.05, 3.63) is 29.8 Å². The zero-order valence-electron chi connectivity index (χ0n) is 13.4. The lowest BCUT2D eigenvalue weighted by molar-refractivity contribution is 0.101. The van der Waals surface area contributed by atoms with Crippen molar-refractivity contribution >= 4 is 0 Å². The Hall–Kier alpha value is -1.02. The number of hydrogen-bond acceptors (Lipinski definition) is 2. The molecule has 1 aliphatic carbocycles. The van der Waals surface area contributed by atoms with E-state index in [0.29, 0.717) is 12.1 Å². The molecule has 4 atom stereocenters. The van der Waals surface area contributed by atoms with Crippen LogP contribution in [-0.2, 0) is 0 Å². The van der Waals surface area contributed by atoms with Gasteiger partial charge in [0, 0.05) is 6.04 Å². The Labute approximate surface area is 123 Å². The van der Waals surface area contributed by atoms with Crippen LogP contribution in [0.1, 0.15) is 58.6 Å². The number of nitrogens with one attached hydrogen (secondary N) is 1. The molecular formula is C18H29NO. The fourth-order valence-corrected chi connectivity index (χ4v) is 3.06. The molecule has 4 unspecified atom stereocenters. The summed E-state index contributed by atoms with van der Waals surface area (Å²) in [6.07, 6.45) is 4.08. The van der Waals surface area contributed by atoms with Crippen LogP contribution in [0.25, 0.3) is 0 Å². The molecule has 112 valence electrons. The molecule has 1 aromatic rings. The SMILES string of the molecule is CCNC(C)c1ccc(OC2CCC(C)C(C)C2)cc1. The Kier molecular flexibility index (Phi) is 5.47. The third kappa shape index (κ3) is 3.99. The molecule has 0 aliphatic heterocycles. The Bertz CT molecular complexity index is 400. The van der Waals surface area contributed by atoms with Gasteiger partial charge >= 0.3 is 0 Å². The number of ether oxygens (including phenoxy) is 1. The van der Waals surface area contributed by atoms with Crippen LogP contribution in [0.3, 0.4) is 0 Å². The zero-order chi connectivity index (χ0) is 14.5. The molecule has 1 N–H and O–H groups in total. The lowest BCUT2D eigenvalue weighted by Gasteiger charge is -2.32. The molecule has 0 radical (unpaired) electrons. The predicted octanol–water partition coefficient (Wildman–Crippen LogP) is 4.56. The number of benzene rings is 1. The molecule has 0 amide bonds. The summed E-state index contributed by atoms with van der Waals surface area (Å²) in [5, 5.41) is 3.43. The first kappa shape index (κ1) is 15.4. The van der Waals surface area contributed by atoms with Gasteiger partial charge in [-0.1, -0.05) is 32.9 Å². The van der Waals surface area contributed by atoms with Gasteiger partial charge in [0.1, 0.15) is 5.75 Å². The minimum Gasteiger partial charge on any atom is -0.490 e. The fourth-order valence-electron chi connectivity index (χ4n) is 3.06. The largest absolute Gasteiger partial charge is 0.490 e. The van der Waals surface area contributed by atoms with Gasteiger partial charge in [0.15, 0.2) is 0 Å². The molecule has 0 bridgehead atoms. The summed E-state index contributed by atoms with van der Waals surface area (Å²) < 4.78 is 6.15. The van der Waals surface area contributed by atoms with Crippen LogP contribution in [-0.4, -0.2) is 12.6 Å². The molecular weight excluding hydrogens is 246 g/mol. The van der Waals surface area contributed by atoms with Gasteiger partial charge < -0.3 is 10.1 Å². The molecule has 0 aromatic heterocycles. The highest BCUT2D eigenvalue weighted by Gasteiger charge is 2.25. The van der Waals surface area contributed by atoms with Crippen molar-refractivity contribution in [1.82, 2.24) is 5.32 Å². The Morgan fingerprint density at radius 2 is 1.85 bits per heavy atom. The Morgan fingerprint density at radius 3 is 2.45 bits per heavy atom. The average Bonchev–Trinajstić information content (AvgIpc) is 2.44. The number of rotatable bonds is 5. The molecule has 1 saturated carbocycles. The van der Waals surface area contributed by atoms with E-state index in [1.165, 1.54) is 24.8 Å². The molecule has 1 aliphatic rings. The van der Waals surface area contributed by atoms with E-state index in [9.17, 15) is 0 Å². The summed E-state index contributed by atoms with van der Waals surface area (Å²) in [6, 6.07) is 9.00. The Morgan fingerprint density at radius 1 is 1.15 bits per heavy atom. The van der Waals surface area contributed by atoms with Crippen molar-refractivity contribution < 1.29 is 4.74 Å². The molecule has 2 nitrogen and oxygen atoms in total. The smallest absolute Gasteiger partial charge is 0.119 e. The first-order chi connectivity index (χ1) is 9.60. The summed E-state index contributed by atoms with van der Waals surface area (Å²) in [4.78, 5) is 0. The summed E-state index contributed by atoms with van der Waals surface area (Å²) in [7, 11) is 0. The van der Waals surface area contributed by atoms with E-state index in [1.54, 1.807) is 0 Å². The minimum absolute atomic E-state index is 0.401. The first-order valence-electron chi connectivity index (χ1n) is 8.10. The van der Waals surface area contributed by atoms with E-state index in [0.717, 1.165) is 24.1 Å². The van der Waals surface area contributed by atoms with Gasteiger partial charge in [-0.2, -0.15) is 0 Å². The van der Waals surface area contributed by atoms with Crippen molar-refractivity contribution in [1.29, 1.82) is 0 Å². The average molecular weight is 275 g/mol. The van der Waals surface area contributed by atoms with E-state index < -0.39 is 0 Å². The minimum atomic E-state index is 0.401. The maximum absolute atomic E-state index is 6.15. The molecule has 20 heavy (non-hydrogen) atoms. The molecule has 2 rings (SSSR count). The van der Waals surface area contributed by atoms with Crippen molar-refractivity contribution in [2.45, 2.75) is 59.1 Å². The van der Waals surface area contributed by atoms with E-state index in [2.05, 4.69) is 57.3 Å². The van der Waals surface area contributed by atoms with E-state index in [-0.39, 0.29) is 0 Å². The van der Waals surface area contributed by atoms with Crippen molar-refractivity contribution in [3.8, 4) is 5.75 Å². The third-order valence-corrected chi connectivity index (χ3v) is 4.74. The highest BCUT2D eigenvalue weighted by atomic mass is 16.5. The van der Waals surface area contributed by atoms with Crippen LogP contribution >= 0.6 is 0 Å². The van der Waals surface area contributed by atoms with Gasteiger partial charge in [0.05, 0.1) is 6.10 Å². The molecule has 0 spiro atoms. The second-order valence-corrected chi connectivity index (χ2v) is 6.36. The molecule has 2 heteroatoms. The van der Waals surface area contributed by atoms with E-state index in [1.807, 2.05) is 0 Å². The molecule has 0 saturated heterocycles. The highest BCUT2D eigenvalue weighted by molar-refractivity contribution is 5.29. The quantitative estimate of drug-likeness (QED) is 0.850. The van der Waals surface area contributed by atoms with Crippen LogP contribution < -0.4 is 10.1 Å². The second kappa shape index (κ2) is 7.12. The Balaban J connectivity index is 1.90. The zero-order valence-corrected chi connectivity index (χ0v) is 13.4. The van der Waals surface area contributed by atoms with Crippen molar-refractivity contribution in [2.75, 3.05) is 6.54 Å². The van der Waals surface area contributed by atoms with Gasteiger partial charge in [0.2, 0.25) is 0 Å². The molecule has 0 heterocycles. The summed E-state index contributed by atoms with van der Waals surface area (Å²) in [5.41, 5.74) is 1.32. The monoisotopic (exact) mass is 275 g/mol. The standard InChI is InChI=1S/C18H29NO/c1-5-19-15(4)16-7-10-17(11-8-16)20-18-9-6-13(2)14(3)12-18/h7-8,10-11,13-15,18-19H,5-6,9,12H2,1-4H3. The third-order valence-electron chi connectivity index (χ3n) is 4.74. The maximum atomic E-state index is 6.15. The lowest BCUT2D eigenvalue weighted by Crippen LogP contribution is -2.28. The van der Waals surface area contributed by atoms with Crippen LogP contribution in [0.4, 0.5) is 0 Å². The summed E-state index contributed by atoms with van der Waals surface area (Å²) in [6.45, 7) is 10.0. The van der Waals surface area contributed by atoms with Crippen LogP contribution in [0.15, 0.2) is 24.3 Å². The summed E-state index contributed by atoms with van der Waals surface area (Å²) >= 11 is 0. The molecule has 1 aromatic carbocycles. The van der Waals surface area contributed by atoms with Gasteiger partial charge in [-0.15, -0.1) is 0 Å². The maximum Gasteiger partial charge on any atom is 0.119 e. The van der Waals surface area contributed by atoms with Crippen molar-refractivity contribution in [3.63, 3.8) is 0 Å². The van der Waals surface area contributed by atoms with Gasteiger partial charge in [-0.3, -0.25) is 0 Å². The lowest BCUT2D eigenvalue weighted by atomic mass is 9.80. The summed E-state index contributed by atoms with van der Waals surface area (Å²) in [5.74, 6) is 2.64. The van der Waals surface area contributed by atoms with Crippen LogP contribution in [0.2, 0.25) is 0 Å². The van der Waals surface area contributed by atoms with Crippen LogP contribution in [0.5, 0.6) is 5.75 Å². The van der Waals surface area contributed by atoms with Crippen molar-refractivity contribution in [2.24, 2.45) is 11.8 Å². The second-order valence-electron chi connectivity index (χ2n) is 6.36. The van der Waals surface area contributed by atoms with E-state index >= 15 is 0 Å².